The lowest BCUT2D eigenvalue weighted by Crippen LogP contribution is -2.75. The monoisotopic (exact) mass is 334 g/mol. The average Bonchev–Trinajstić information content (AvgIpc) is 2.96. The maximum Gasteiger partial charge on any atom is 0.330 e. The van der Waals surface area contributed by atoms with Gasteiger partial charge in [0.15, 0.2) is 0 Å². The first-order chi connectivity index (χ1) is 11.1. The van der Waals surface area contributed by atoms with E-state index in [2.05, 4.69) is 10.3 Å². The molecule has 0 aliphatic heterocycles. The van der Waals surface area contributed by atoms with Crippen molar-refractivity contribution in [3.8, 4) is 0 Å². The van der Waals surface area contributed by atoms with Gasteiger partial charge in [-0.05, 0) is 24.6 Å². The number of hydrogen-bond donors (Lipinski definition) is 4. The number of hydrogen-bond acceptors (Lipinski definition) is 3. The molecule has 4 N–H and O–H groups in total. The molecule has 1 fully saturated rings. The molecule has 0 bridgehead atoms. The number of H-pyrrole nitrogens is 1. The van der Waals surface area contributed by atoms with Gasteiger partial charge in [-0.1, -0.05) is 19.9 Å². The number of aromatic amines is 1. The van der Waals surface area contributed by atoms with Crippen molar-refractivity contribution in [2.45, 2.75) is 38.8 Å². The van der Waals surface area contributed by atoms with Gasteiger partial charge in [0.05, 0.1) is 11.6 Å². The summed E-state index contributed by atoms with van der Waals surface area (Å²) in [5.74, 6) is -2.33. The van der Waals surface area contributed by atoms with Gasteiger partial charge in [-0.3, -0.25) is 4.79 Å². The third kappa shape index (κ3) is 2.04. The number of aromatic nitrogens is 1. The van der Waals surface area contributed by atoms with Crippen molar-refractivity contribution in [3.05, 3.63) is 35.3 Å². The third-order valence-corrected chi connectivity index (χ3v) is 5.33. The second-order valence-corrected chi connectivity index (χ2v) is 6.94. The Balaban J connectivity index is 1.97. The van der Waals surface area contributed by atoms with Crippen LogP contribution < -0.4 is 5.32 Å². The number of benzene rings is 1. The Morgan fingerprint density at radius 3 is 2.54 bits per heavy atom. The first kappa shape index (κ1) is 16.4. The Kier molecular flexibility index (Phi) is 3.46. The van der Waals surface area contributed by atoms with Crippen LogP contribution in [0.2, 0.25) is 0 Å². The van der Waals surface area contributed by atoms with Crippen LogP contribution in [-0.2, 0) is 4.79 Å². The van der Waals surface area contributed by atoms with Gasteiger partial charge in [0.2, 0.25) is 0 Å². The van der Waals surface area contributed by atoms with E-state index in [0.29, 0.717) is 5.39 Å². The minimum Gasteiger partial charge on any atom is -0.479 e. The quantitative estimate of drug-likeness (QED) is 0.689. The van der Waals surface area contributed by atoms with E-state index in [1.807, 2.05) is 0 Å². The van der Waals surface area contributed by atoms with Crippen LogP contribution in [0.5, 0.6) is 0 Å². The van der Waals surface area contributed by atoms with Gasteiger partial charge in [-0.15, -0.1) is 0 Å². The lowest BCUT2D eigenvalue weighted by Gasteiger charge is -2.56. The molecule has 0 saturated heterocycles. The van der Waals surface area contributed by atoms with Gasteiger partial charge < -0.3 is 20.5 Å². The number of amides is 1. The molecule has 1 aliphatic rings. The van der Waals surface area contributed by atoms with Crippen molar-refractivity contribution in [1.82, 2.24) is 10.3 Å². The van der Waals surface area contributed by atoms with Crippen LogP contribution in [-0.4, -0.2) is 38.7 Å². The van der Waals surface area contributed by atoms with E-state index in [9.17, 15) is 24.2 Å². The van der Waals surface area contributed by atoms with E-state index in [-0.39, 0.29) is 17.6 Å². The van der Waals surface area contributed by atoms with Crippen LogP contribution in [0.1, 0.15) is 36.3 Å². The molecule has 1 saturated carbocycles. The fourth-order valence-electron chi connectivity index (χ4n) is 3.30. The van der Waals surface area contributed by atoms with Crippen molar-refractivity contribution in [2.24, 2.45) is 5.41 Å². The van der Waals surface area contributed by atoms with Gasteiger partial charge in [0.1, 0.15) is 17.1 Å². The molecule has 128 valence electrons. The number of carbonyl (C=O) groups is 2. The summed E-state index contributed by atoms with van der Waals surface area (Å²) in [5, 5.41) is 22.5. The highest BCUT2D eigenvalue weighted by molar-refractivity contribution is 6.01. The first-order valence-corrected chi connectivity index (χ1v) is 7.62. The third-order valence-electron chi connectivity index (χ3n) is 5.33. The SMILES string of the molecule is Cc1ccc(F)c2[nH]c(C(=O)NC3(C(=O)O)CC(O)C3(C)C)cc12. The lowest BCUT2D eigenvalue weighted by molar-refractivity contribution is -0.180. The number of aliphatic hydroxyl groups is 1. The maximum atomic E-state index is 13.9. The molecule has 2 unspecified atom stereocenters. The topological polar surface area (TPSA) is 102 Å². The van der Waals surface area contributed by atoms with Crippen LogP contribution in [0, 0.1) is 18.2 Å². The zero-order valence-electron chi connectivity index (χ0n) is 13.6. The predicted octanol–water partition coefficient (Wildman–Crippen LogP) is 1.96. The van der Waals surface area contributed by atoms with Crippen molar-refractivity contribution >= 4 is 22.8 Å². The Morgan fingerprint density at radius 2 is 2.04 bits per heavy atom. The number of carbonyl (C=O) groups excluding carboxylic acids is 1. The zero-order valence-corrected chi connectivity index (χ0v) is 13.6. The number of aryl methyl sites for hydroxylation is 1. The normalized spacial score (nSPS) is 25.3. The number of halogens is 1. The van der Waals surface area contributed by atoms with Crippen molar-refractivity contribution in [1.29, 1.82) is 0 Å². The molecule has 1 aliphatic carbocycles. The van der Waals surface area contributed by atoms with Crippen LogP contribution in [0.15, 0.2) is 18.2 Å². The lowest BCUT2D eigenvalue weighted by atomic mass is 9.54. The summed E-state index contributed by atoms with van der Waals surface area (Å²) in [7, 11) is 0. The first-order valence-electron chi connectivity index (χ1n) is 7.62. The van der Waals surface area contributed by atoms with E-state index in [1.165, 1.54) is 12.1 Å². The standard InChI is InChI=1S/C17H19FN2O4/c1-8-4-5-10(18)13-9(8)6-11(19-13)14(22)20-17(15(23)24)7-12(21)16(17,2)3/h4-6,12,19,21H,7H2,1-3H3,(H,20,22)(H,23,24). The van der Waals surface area contributed by atoms with Gasteiger partial charge in [-0.25, -0.2) is 9.18 Å². The Hall–Kier alpha value is -2.41. The highest BCUT2D eigenvalue weighted by Crippen LogP contribution is 2.50. The molecule has 2 aromatic rings. The summed E-state index contributed by atoms with van der Waals surface area (Å²) in [4.78, 5) is 27.0. The van der Waals surface area contributed by atoms with Crippen LogP contribution in [0.25, 0.3) is 10.9 Å². The highest BCUT2D eigenvalue weighted by atomic mass is 19.1. The number of fused-ring (bicyclic) bond motifs is 1. The number of nitrogens with one attached hydrogen (secondary N) is 2. The van der Waals surface area contributed by atoms with Crippen molar-refractivity contribution < 1.29 is 24.2 Å². The molecule has 1 amide bonds. The van der Waals surface area contributed by atoms with Gasteiger partial charge in [0.25, 0.3) is 5.91 Å². The minimum atomic E-state index is -1.56. The second kappa shape index (κ2) is 5.04. The number of carboxylic acid groups (broad SMARTS) is 1. The van der Waals surface area contributed by atoms with E-state index in [4.69, 9.17) is 0 Å². The summed E-state index contributed by atoms with van der Waals surface area (Å²) < 4.78 is 13.9. The molecule has 2 atom stereocenters. The number of rotatable bonds is 3. The molecule has 0 spiro atoms. The Labute approximate surface area is 137 Å². The molecule has 0 radical (unpaired) electrons. The fourth-order valence-corrected chi connectivity index (χ4v) is 3.30. The summed E-state index contributed by atoms with van der Waals surface area (Å²) in [6.45, 7) is 4.97. The van der Waals surface area contributed by atoms with E-state index in [0.717, 1.165) is 5.56 Å². The van der Waals surface area contributed by atoms with E-state index < -0.39 is 34.8 Å². The molecule has 6 nitrogen and oxygen atoms in total. The van der Waals surface area contributed by atoms with E-state index >= 15 is 0 Å². The Bertz CT molecular complexity index is 819. The minimum absolute atomic E-state index is 0.0747. The van der Waals surface area contributed by atoms with Gasteiger partial charge >= 0.3 is 5.97 Å². The van der Waals surface area contributed by atoms with Crippen LogP contribution in [0.3, 0.4) is 0 Å². The Morgan fingerprint density at radius 1 is 1.38 bits per heavy atom. The van der Waals surface area contributed by atoms with Crippen molar-refractivity contribution in [3.63, 3.8) is 0 Å². The summed E-state index contributed by atoms with van der Waals surface area (Å²) in [6, 6.07) is 4.41. The smallest absolute Gasteiger partial charge is 0.330 e. The molecule has 1 heterocycles. The predicted molar refractivity (Wildman–Crippen MR) is 85.2 cm³/mol. The summed E-state index contributed by atoms with van der Waals surface area (Å²) in [5.41, 5.74) is -1.49. The average molecular weight is 334 g/mol. The molecule has 1 aromatic heterocycles. The largest absolute Gasteiger partial charge is 0.479 e. The number of aliphatic carboxylic acids is 1. The molecule has 7 heteroatoms. The van der Waals surface area contributed by atoms with Gasteiger partial charge in [0, 0.05) is 17.2 Å². The fraction of sp³-hybridized carbons (Fsp3) is 0.412. The summed E-state index contributed by atoms with van der Waals surface area (Å²) in [6.07, 6.45) is -0.898. The summed E-state index contributed by atoms with van der Waals surface area (Å²) >= 11 is 0. The molecular formula is C17H19FN2O4. The van der Waals surface area contributed by atoms with Crippen LogP contribution in [0.4, 0.5) is 4.39 Å². The van der Waals surface area contributed by atoms with E-state index in [1.54, 1.807) is 26.8 Å². The van der Waals surface area contributed by atoms with Crippen molar-refractivity contribution in [2.75, 3.05) is 0 Å². The van der Waals surface area contributed by atoms with Gasteiger partial charge in [-0.2, -0.15) is 0 Å². The highest BCUT2D eigenvalue weighted by Gasteiger charge is 2.65. The maximum absolute atomic E-state index is 13.9. The molecule has 1 aromatic carbocycles. The second-order valence-electron chi connectivity index (χ2n) is 6.94. The molecule has 3 rings (SSSR count). The zero-order chi connectivity index (χ0) is 17.9. The molecular weight excluding hydrogens is 315 g/mol. The van der Waals surface area contributed by atoms with Crippen LogP contribution >= 0.6 is 0 Å². The number of carboxylic acids is 1. The number of aliphatic hydroxyl groups excluding tert-OH is 1. The molecule has 24 heavy (non-hydrogen) atoms.